The van der Waals surface area contributed by atoms with Crippen LogP contribution in [0, 0.1) is 20.8 Å². The van der Waals surface area contributed by atoms with E-state index in [2.05, 4.69) is 17.2 Å². The summed E-state index contributed by atoms with van der Waals surface area (Å²) in [7, 11) is 0. The van der Waals surface area contributed by atoms with Crippen LogP contribution >= 0.6 is 12.4 Å². The first-order valence-corrected chi connectivity index (χ1v) is 12.9. The van der Waals surface area contributed by atoms with E-state index in [1.165, 1.54) is 0 Å². The van der Waals surface area contributed by atoms with Crippen LogP contribution in [-0.2, 0) is 11.2 Å². The van der Waals surface area contributed by atoms with Crippen LogP contribution in [0.25, 0.3) is 0 Å². The quantitative estimate of drug-likeness (QED) is 0.205. The Kier molecular flexibility index (Phi) is 9.76. The number of aromatic hydroxyl groups is 1. The smallest absolute Gasteiger partial charge is 0.262 e. The molecule has 0 saturated heterocycles. The van der Waals surface area contributed by atoms with Gasteiger partial charge in [0.2, 0.25) is 0 Å². The van der Waals surface area contributed by atoms with Crippen molar-refractivity contribution < 1.29 is 24.1 Å². The normalized spacial score (nSPS) is 15.6. The molecule has 3 aromatic rings. The third kappa shape index (κ3) is 7.30. The van der Waals surface area contributed by atoms with E-state index in [0.717, 1.165) is 40.8 Å². The fourth-order valence-corrected chi connectivity index (χ4v) is 4.60. The highest BCUT2D eigenvalue weighted by Gasteiger charge is 2.34. The maximum absolute atomic E-state index is 12.3. The fourth-order valence-electron chi connectivity index (χ4n) is 4.60. The van der Waals surface area contributed by atoms with Gasteiger partial charge in [-0.2, -0.15) is 0 Å². The van der Waals surface area contributed by atoms with Crippen molar-refractivity contribution in [2.45, 2.75) is 52.6 Å². The van der Waals surface area contributed by atoms with Gasteiger partial charge < -0.3 is 36.1 Å². The number of nitrogens with zero attached hydrogens (tertiary/aromatic N) is 1. The molecule has 40 heavy (non-hydrogen) atoms. The van der Waals surface area contributed by atoms with Crippen molar-refractivity contribution in [1.82, 2.24) is 0 Å². The lowest BCUT2D eigenvalue weighted by atomic mass is 9.86. The zero-order chi connectivity index (χ0) is 28.2. The molecule has 10 heteroatoms. The number of ether oxygens (including phenoxy) is 3. The molecule has 1 aliphatic heterocycles. The van der Waals surface area contributed by atoms with Gasteiger partial charge in [0, 0.05) is 17.7 Å². The van der Waals surface area contributed by atoms with E-state index < -0.39 is 0 Å². The van der Waals surface area contributed by atoms with Gasteiger partial charge in [0.15, 0.2) is 12.6 Å². The van der Waals surface area contributed by atoms with E-state index >= 15 is 0 Å². The number of fused-ring (bicyclic) bond motifs is 1. The van der Waals surface area contributed by atoms with Crippen LogP contribution in [-0.4, -0.2) is 35.8 Å². The Labute approximate surface area is 240 Å². The molecule has 1 aliphatic rings. The Hall–Kier alpha value is -4.11. The minimum atomic E-state index is -0.354. The van der Waals surface area contributed by atoms with Gasteiger partial charge in [0.25, 0.3) is 5.91 Å². The third-order valence-electron chi connectivity index (χ3n) is 7.10. The molecule has 214 valence electrons. The third-order valence-corrected chi connectivity index (χ3v) is 7.10. The average molecular weight is 569 g/mol. The van der Waals surface area contributed by atoms with Gasteiger partial charge >= 0.3 is 0 Å². The molecule has 0 aromatic heterocycles. The molecule has 0 radical (unpaired) electrons. The highest BCUT2D eigenvalue weighted by atomic mass is 35.5. The van der Waals surface area contributed by atoms with Crippen LogP contribution in [0.3, 0.4) is 0 Å². The van der Waals surface area contributed by atoms with Gasteiger partial charge in [-0.1, -0.05) is 0 Å². The molecular weight excluding hydrogens is 532 g/mol. The van der Waals surface area contributed by atoms with Gasteiger partial charge in [-0.15, -0.1) is 12.4 Å². The zero-order valence-corrected chi connectivity index (χ0v) is 24.1. The number of phenols is 1. The van der Waals surface area contributed by atoms with Gasteiger partial charge in [-0.25, -0.2) is 4.99 Å². The number of rotatable bonds is 9. The molecule has 6 N–H and O–H groups in total. The molecule has 0 bridgehead atoms. The van der Waals surface area contributed by atoms with Crippen molar-refractivity contribution in [1.29, 1.82) is 0 Å². The summed E-state index contributed by atoms with van der Waals surface area (Å²) in [6.07, 6.45) is 2.42. The second-order valence-electron chi connectivity index (χ2n) is 10.1. The summed E-state index contributed by atoms with van der Waals surface area (Å²) in [6, 6.07) is 14.0. The van der Waals surface area contributed by atoms with Gasteiger partial charge in [-0.3, -0.25) is 4.79 Å². The highest BCUT2D eigenvalue weighted by Crippen LogP contribution is 2.44. The number of aliphatic imine (C=N–C) groups is 1. The Balaban J connectivity index is 0.00000441. The zero-order valence-electron chi connectivity index (χ0n) is 23.2. The van der Waals surface area contributed by atoms with E-state index in [9.17, 15) is 9.90 Å². The Morgan fingerprint density at radius 3 is 2.27 bits per heavy atom. The van der Waals surface area contributed by atoms with Crippen molar-refractivity contribution in [3.05, 3.63) is 70.8 Å². The topological polar surface area (TPSA) is 141 Å². The first kappa shape index (κ1) is 30.4. The van der Waals surface area contributed by atoms with Crippen LogP contribution in [0.15, 0.2) is 53.5 Å². The predicted octanol–water partition coefficient (Wildman–Crippen LogP) is 5.21. The highest BCUT2D eigenvalue weighted by molar-refractivity contribution is 5.91. The van der Waals surface area contributed by atoms with Crippen molar-refractivity contribution >= 4 is 35.6 Å². The van der Waals surface area contributed by atoms with Gasteiger partial charge in [-0.05, 0) is 106 Å². The largest absolute Gasteiger partial charge is 0.507 e. The number of nitrogens with one attached hydrogen (secondary N) is 1. The van der Waals surface area contributed by atoms with Crippen LogP contribution in [0.1, 0.15) is 42.0 Å². The number of nitrogens with two attached hydrogens (primary N) is 2. The maximum atomic E-state index is 12.3. The van der Waals surface area contributed by atoms with E-state index in [-0.39, 0.29) is 36.5 Å². The maximum Gasteiger partial charge on any atom is 0.262 e. The molecule has 1 unspecified atom stereocenters. The second kappa shape index (κ2) is 12.8. The molecular formula is C30H37ClN4O5. The number of carbonyl (C=O) groups is 1. The molecule has 1 atom stereocenters. The standard InChI is InChI=1S/C30H36N4O5.ClH/c1-18-19(2)28-25(20(3)27(18)36)13-14-30(4,39-28)15-16-37-23-9-5-21(6-10-23)33-26(35)17-38-24-11-7-22(8-12-24)34-29(31)32;/h5-12,36H,13-17H2,1-4H3,(H,33,35)(H4,31,32,34);1H. The minimum absolute atomic E-state index is 0. The summed E-state index contributed by atoms with van der Waals surface area (Å²) in [6.45, 7) is 8.32. The van der Waals surface area contributed by atoms with Crippen LogP contribution in [0.4, 0.5) is 11.4 Å². The van der Waals surface area contributed by atoms with E-state index in [1.54, 1.807) is 36.4 Å². The minimum Gasteiger partial charge on any atom is -0.507 e. The molecule has 9 nitrogen and oxygen atoms in total. The van der Waals surface area contributed by atoms with E-state index in [1.807, 2.05) is 32.9 Å². The second-order valence-corrected chi connectivity index (χ2v) is 10.1. The predicted molar refractivity (Wildman–Crippen MR) is 160 cm³/mol. The molecule has 3 aromatic carbocycles. The van der Waals surface area contributed by atoms with Crippen molar-refractivity contribution in [3.63, 3.8) is 0 Å². The lowest BCUT2D eigenvalue weighted by Crippen LogP contribution is -2.38. The summed E-state index contributed by atoms with van der Waals surface area (Å²) in [5.74, 6) is 2.18. The molecule has 0 spiro atoms. The van der Waals surface area contributed by atoms with E-state index in [4.69, 9.17) is 25.7 Å². The summed E-state index contributed by atoms with van der Waals surface area (Å²) in [5.41, 5.74) is 15.5. The molecule has 0 aliphatic carbocycles. The number of phenolic OH excluding ortho intramolecular Hbond substituents is 1. The molecule has 1 amide bonds. The molecule has 4 rings (SSSR count). The lowest BCUT2D eigenvalue weighted by molar-refractivity contribution is -0.118. The van der Waals surface area contributed by atoms with Crippen LogP contribution in [0.5, 0.6) is 23.0 Å². The molecule has 1 heterocycles. The Bertz CT molecular complexity index is 1370. The van der Waals surface area contributed by atoms with Gasteiger partial charge in [0.1, 0.15) is 28.6 Å². The van der Waals surface area contributed by atoms with Crippen LogP contribution < -0.4 is 31.0 Å². The van der Waals surface area contributed by atoms with Gasteiger partial charge in [0.05, 0.1) is 12.3 Å². The number of hydrogen-bond donors (Lipinski definition) is 4. The average Bonchev–Trinajstić information content (AvgIpc) is 2.91. The fraction of sp³-hybridized carbons (Fsp3) is 0.333. The van der Waals surface area contributed by atoms with Crippen molar-refractivity contribution in [2.75, 3.05) is 18.5 Å². The number of halogens is 1. The number of hydrogen-bond acceptors (Lipinski definition) is 6. The Morgan fingerprint density at radius 2 is 1.62 bits per heavy atom. The van der Waals surface area contributed by atoms with Crippen LogP contribution in [0.2, 0.25) is 0 Å². The number of anilines is 1. The Morgan fingerprint density at radius 1 is 1.00 bits per heavy atom. The lowest BCUT2D eigenvalue weighted by Gasteiger charge is -2.38. The SMILES string of the molecule is Cc1c(C)c2c(c(C)c1O)CCC(C)(CCOc1ccc(NC(=O)COc3ccc(N=C(N)N)cc3)cc1)O2.Cl. The monoisotopic (exact) mass is 568 g/mol. The number of guanidine groups is 1. The van der Waals surface area contributed by atoms with E-state index in [0.29, 0.717) is 41.7 Å². The van der Waals surface area contributed by atoms with Crippen molar-refractivity contribution in [2.24, 2.45) is 16.5 Å². The molecule has 0 fully saturated rings. The first-order valence-electron chi connectivity index (χ1n) is 12.9. The summed E-state index contributed by atoms with van der Waals surface area (Å²) in [5, 5.41) is 13.2. The summed E-state index contributed by atoms with van der Waals surface area (Å²) < 4.78 is 18.0. The number of amides is 1. The number of carbonyl (C=O) groups excluding carboxylic acids is 1. The van der Waals surface area contributed by atoms with Crippen molar-refractivity contribution in [3.8, 4) is 23.0 Å². The number of benzene rings is 3. The molecule has 0 saturated carbocycles. The first-order chi connectivity index (χ1) is 18.5. The summed E-state index contributed by atoms with van der Waals surface area (Å²) >= 11 is 0. The summed E-state index contributed by atoms with van der Waals surface area (Å²) in [4.78, 5) is 16.2.